The number of alkyl halides is 1. The van der Waals surface area contributed by atoms with Gasteiger partial charge in [0.05, 0.1) is 13.0 Å². The Morgan fingerprint density at radius 2 is 1.75 bits per heavy atom. The van der Waals surface area contributed by atoms with E-state index in [1.165, 1.54) is 0 Å². The van der Waals surface area contributed by atoms with E-state index >= 15 is 0 Å². The molecular weight excluding hydrogens is 295 g/mol. The van der Waals surface area contributed by atoms with Crippen LogP contribution in [-0.2, 0) is 12.5 Å². The first-order valence-electron chi connectivity index (χ1n) is 6.24. The molecule has 0 atom stereocenters. The molecule has 0 aromatic heterocycles. The Labute approximate surface area is 129 Å². The van der Waals surface area contributed by atoms with E-state index < -0.39 is 0 Å². The Morgan fingerprint density at radius 3 is 2.45 bits per heavy atom. The lowest BCUT2D eigenvalue weighted by atomic mass is 10.1. The molecule has 0 aliphatic rings. The van der Waals surface area contributed by atoms with Gasteiger partial charge in [-0.15, -0.1) is 11.6 Å². The molecule has 0 spiro atoms. The molecule has 0 aliphatic heterocycles. The van der Waals surface area contributed by atoms with Gasteiger partial charge >= 0.3 is 0 Å². The zero-order valence-electron chi connectivity index (χ0n) is 11.5. The number of halogens is 2. The first-order valence-corrected chi connectivity index (χ1v) is 7.16. The summed E-state index contributed by atoms with van der Waals surface area (Å²) in [5.74, 6) is 1.92. The van der Waals surface area contributed by atoms with Gasteiger partial charge in [0.2, 0.25) is 0 Å². The zero-order valence-corrected chi connectivity index (χ0v) is 13.0. The second kappa shape index (κ2) is 6.87. The molecule has 0 aliphatic carbocycles. The van der Waals surface area contributed by atoms with Crippen molar-refractivity contribution in [3.63, 3.8) is 0 Å². The van der Waals surface area contributed by atoms with E-state index in [0.717, 1.165) is 28.2 Å². The molecule has 2 aromatic rings. The van der Waals surface area contributed by atoms with Crippen molar-refractivity contribution in [3.05, 3.63) is 58.1 Å². The summed E-state index contributed by atoms with van der Waals surface area (Å²) >= 11 is 11.9. The third-order valence-electron chi connectivity index (χ3n) is 2.99. The molecule has 2 aromatic carbocycles. The fourth-order valence-corrected chi connectivity index (χ4v) is 2.37. The van der Waals surface area contributed by atoms with Gasteiger partial charge in [-0.1, -0.05) is 23.2 Å². The minimum absolute atomic E-state index is 0.362. The van der Waals surface area contributed by atoms with Crippen LogP contribution in [0.15, 0.2) is 36.4 Å². The predicted octanol–water partition coefficient (Wildman–Crippen LogP) is 4.97. The smallest absolute Gasteiger partial charge is 0.125 e. The van der Waals surface area contributed by atoms with Crippen molar-refractivity contribution in [3.8, 4) is 11.5 Å². The fourth-order valence-electron chi connectivity index (χ4n) is 1.97. The lowest BCUT2D eigenvalue weighted by Crippen LogP contribution is -2.01. The quantitative estimate of drug-likeness (QED) is 0.725. The number of rotatable bonds is 5. The van der Waals surface area contributed by atoms with Crippen molar-refractivity contribution in [2.24, 2.45) is 0 Å². The van der Waals surface area contributed by atoms with E-state index in [1.807, 2.05) is 31.2 Å². The Bertz CT molecular complexity index is 597. The topological polar surface area (TPSA) is 18.5 Å². The van der Waals surface area contributed by atoms with Gasteiger partial charge in [0.15, 0.2) is 0 Å². The minimum atomic E-state index is 0.362. The van der Waals surface area contributed by atoms with Gasteiger partial charge in [0.1, 0.15) is 18.1 Å². The van der Waals surface area contributed by atoms with E-state index in [9.17, 15) is 0 Å². The molecule has 0 radical (unpaired) electrons. The Morgan fingerprint density at radius 1 is 1.00 bits per heavy atom. The van der Waals surface area contributed by atoms with Gasteiger partial charge in [0, 0.05) is 16.1 Å². The Balaban J connectivity index is 2.18. The second-order valence-electron chi connectivity index (χ2n) is 4.49. The molecule has 4 heteroatoms. The third kappa shape index (κ3) is 3.59. The highest BCUT2D eigenvalue weighted by atomic mass is 35.5. The molecule has 2 rings (SSSR count). The summed E-state index contributed by atoms with van der Waals surface area (Å²) in [6.07, 6.45) is 0. The summed E-state index contributed by atoms with van der Waals surface area (Å²) in [6.45, 7) is 2.46. The molecule has 0 amide bonds. The molecule has 0 saturated carbocycles. The molecule has 106 valence electrons. The number of benzene rings is 2. The van der Waals surface area contributed by atoms with Crippen LogP contribution in [0.3, 0.4) is 0 Å². The van der Waals surface area contributed by atoms with Crippen molar-refractivity contribution in [2.75, 3.05) is 7.11 Å². The number of ether oxygens (including phenoxy) is 2. The molecular formula is C16H16Cl2O2. The molecule has 0 bridgehead atoms. The van der Waals surface area contributed by atoms with Gasteiger partial charge in [-0.3, -0.25) is 0 Å². The van der Waals surface area contributed by atoms with E-state index in [2.05, 4.69) is 6.07 Å². The molecule has 0 unspecified atom stereocenters. The van der Waals surface area contributed by atoms with Crippen LogP contribution in [0.4, 0.5) is 0 Å². The molecule has 0 heterocycles. The van der Waals surface area contributed by atoms with Gasteiger partial charge < -0.3 is 9.47 Å². The average molecular weight is 311 g/mol. The monoisotopic (exact) mass is 310 g/mol. The molecule has 20 heavy (non-hydrogen) atoms. The molecule has 0 saturated heterocycles. The summed E-state index contributed by atoms with van der Waals surface area (Å²) in [4.78, 5) is 0. The SMILES string of the molecule is COc1ccc(C)cc1COc1ccc(Cl)cc1CCl. The van der Waals surface area contributed by atoms with Gasteiger partial charge in [-0.2, -0.15) is 0 Å². The maximum absolute atomic E-state index is 5.95. The standard InChI is InChI=1S/C16H16Cl2O2/c1-11-3-5-15(19-2)13(7-11)10-20-16-6-4-14(18)8-12(16)9-17/h3-8H,9-10H2,1-2H3. The fraction of sp³-hybridized carbons (Fsp3) is 0.250. The molecule has 0 N–H and O–H groups in total. The summed E-state index contributed by atoms with van der Waals surface area (Å²) in [7, 11) is 1.65. The third-order valence-corrected chi connectivity index (χ3v) is 3.51. The summed E-state index contributed by atoms with van der Waals surface area (Å²) in [5, 5.41) is 0.654. The van der Waals surface area contributed by atoms with Crippen molar-refractivity contribution in [2.45, 2.75) is 19.4 Å². The zero-order chi connectivity index (χ0) is 14.5. The van der Waals surface area contributed by atoms with E-state index in [4.69, 9.17) is 32.7 Å². The highest BCUT2D eigenvalue weighted by Gasteiger charge is 2.07. The minimum Gasteiger partial charge on any atom is -0.496 e. The van der Waals surface area contributed by atoms with Gasteiger partial charge in [-0.25, -0.2) is 0 Å². The van der Waals surface area contributed by atoms with Crippen LogP contribution >= 0.6 is 23.2 Å². The van der Waals surface area contributed by atoms with E-state index in [-0.39, 0.29) is 0 Å². The van der Waals surface area contributed by atoms with Crippen LogP contribution in [0.25, 0.3) is 0 Å². The summed E-state index contributed by atoms with van der Waals surface area (Å²) in [6, 6.07) is 11.4. The van der Waals surface area contributed by atoms with E-state index in [1.54, 1.807) is 13.2 Å². The van der Waals surface area contributed by atoms with Gasteiger partial charge in [-0.05, 0) is 37.3 Å². The van der Waals surface area contributed by atoms with Gasteiger partial charge in [0.25, 0.3) is 0 Å². The summed E-state index contributed by atoms with van der Waals surface area (Å²) < 4.78 is 11.2. The van der Waals surface area contributed by atoms with Crippen LogP contribution in [0.5, 0.6) is 11.5 Å². The maximum atomic E-state index is 5.95. The predicted molar refractivity (Wildman–Crippen MR) is 83.1 cm³/mol. The first-order chi connectivity index (χ1) is 9.63. The van der Waals surface area contributed by atoms with Crippen molar-refractivity contribution in [1.82, 2.24) is 0 Å². The molecule has 2 nitrogen and oxygen atoms in total. The summed E-state index contributed by atoms with van der Waals surface area (Å²) in [5.41, 5.74) is 3.05. The number of methoxy groups -OCH3 is 1. The maximum Gasteiger partial charge on any atom is 0.125 e. The van der Waals surface area contributed by atoms with Crippen molar-refractivity contribution >= 4 is 23.2 Å². The largest absolute Gasteiger partial charge is 0.496 e. The highest BCUT2D eigenvalue weighted by molar-refractivity contribution is 6.30. The lowest BCUT2D eigenvalue weighted by Gasteiger charge is -2.13. The lowest BCUT2D eigenvalue weighted by molar-refractivity contribution is 0.294. The first kappa shape index (κ1) is 15.0. The van der Waals surface area contributed by atoms with E-state index in [0.29, 0.717) is 17.5 Å². The molecule has 0 fully saturated rings. The Kier molecular flexibility index (Phi) is 5.16. The van der Waals surface area contributed by atoms with Crippen LogP contribution in [0.2, 0.25) is 5.02 Å². The Hall–Kier alpha value is -1.38. The van der Waals surface area contributed by atoms with Crippen LogP contribution < -0.4 is 9.47 Å². The van der Waals surface area contributed by atoms with Crippen LogP contribution in [-0.4, -0.2) is 7.11 Å². The van der Waals surface area contributed by atoms with Crippen LogP contribution in [0.1, 0.15) is 16.7 Å². The second-order valence-corrected chi connectivity index (χ2v) is 5.19. The van der Waals surface area contributed by atoms with Crippen molar-refractivity contribution < 1.29 is 9.47 Å². The van der Waals surface area contributed by atoms with Crippen LogP contribution in [0, 0.1) is 6.92 Å². The normalized spacial score (nSPS) is 10.4. The van der Waals surface area contributed by atoms with Crippen molar-refractivity contribution in [1.29, 1.82) is 0 Å². The number of hydrogen-bond acceptors (Lipinski definition) is 2. The number of aryl methyl sites for hydroxylation is 1. The average Bonchev–Trinajstić information content (AvgIpc) is 2.46. The number of hydrogen-bond donors (Lipinski definition) is 0. The highest BCUT2D eigenvalue weighted by Crippen LogP contribution is 2.27.